The second kappa shape index (κ2) is 7.85. The Bertz CT molecular complexity index is 662. The lowest BCUT2D eigenvalue weighted by molar-refractivity contribution is -0.126. The maximum atomic E-state index is 12.0. The Morgan fingerprint density at radius 1 is 1.17 bits per heavy atom. The molecule has 0 aliphatic rings. The van der Waals surface area contributed by atoms with Crippen molar-refractivity contribution in [2.45, 2.75) is 39.0 Å². The second-order valence-corrected chi connectivity index (χ2v) is 8.26. The van der Waals surface area contributed by atoms with Gasteiger partial charge in [0.1, 0.15) is 0 Å². The minimum atomic E-state index is -3.49. The minimum Gasteiger partial charge on any atom is -0.332 e. The summed E-state index contributed by atoms with van der Waals surface area (Å²) in [7, 11) is -3.49. The molecule has 3 N–H and O–H groups in total. The quantitative estimate of drug-likeness (QED) is 0.704. The van der Waals surface area contributed by atoms with Crippen LogP contribution in [0, 0.1) is 5.41 Å². The molecule has 0 bridgehead atoms. The Kier molecular flexibility index (Phi) is 6.67. The van der Waals surface area contributed by atoms with Crippen LogP contribution < -0.4 is 15.4 Å². The van der Waals surface area contributed by atoms with E-state index < -0.39 is 15.4 Å². The van der Waals surface area contributed by atoms with Gasteiger partial charge in [-0.25, -0.2) is 13.1 Å². The third-order valence-electron chi connectivity index (χ3n) is 2.87. The number of thiocarbonyl (C=S) groups is 1. The molecule has 8 heteroatoms. The van der Waals surface area contributed by atoms with Gasteiger partial charge >= 0.3 is 0 Å². The van der Waals surface area contributed by atoms with Crippen molar-refractivity contribution in [2.75, 3.05) is 11.9 Å². The van der Waals surface area contributed by atoms with E-state index in [2.05, 4.69) is 15.4 Å². The first-order valence-electron chi connectivity index (χ1n) is 7.28. The average Bonchev–Trinajstić information content (AvgIpc) is 2.44. The zero-order valence-electron chi connectivity index (χ0n) is 13.8. The van der Waals surface area contributed by atoms with Crippen LogP contribution in [0.15, 0.2) is 29.2 Å². The van der Waals surface area contributed by atoms with Crippen molar-refractivity contribution >= 4 is 38.9 Å². The fourth-order valence-electron chi connectivity index (χ4n) is 1.49. The van der Waals surface area contributed by atoms with E-state index in [-0.39, 0.29) is 15.9 Å². The molecule has 0 unspecified atom stereocenters. The molecule has 0 aliphatic heterocycles. The van der Waals surface area contributed by atoms with Crippen molar-refractivity contribution in [1.82, 2.24) is 10.0 Å². The topological polar surface area (TPSA) is 87.3 Å². The summed E-state index contributed by atoms with van der Waals surface area (Å²) in [4.78, 5) is 12.0. The Morgan fingerprint density at radius 2 is 1.74 bits per heavy atom. The standard InChI is InChI=1S/C15H23N3O3S2/c1-5-10-16-23(20,21)12-8-6-11(7-9-12)17-14(22)18-13(19)15(2,3)4/h6-9,16H,5,10H2,1-4H3,(H2,17,18,19,22). The predicted octanol–water partition coefficient (Wildman–Crippen LogP) is 2.23. The second-order valence-electron chi connectivity index (χ2n) is 6.08. The lowest BCUT2D eigenvalue weighted by Crippen LogP contribution is -2.41. The number of nitrogens with one attached hydrogen (secondary N) is 3. The molecule has 1 amide bonds. The van der Waals surface area contributed by atoms with E-state index in [1.165, 1.54) is 12.1 Å². The fraction of sp³-hybridized carbons (Fsp3) is 0.467. The highest BCUT2D eigenvalue weighted by molar-refractivity contribution is 7.89. The van der Waals surface area contributed by atoms with Gasteiger partial charge in [-0.1, -0.05) is 27.7 Å². The number of amides is 1. The maximum absolute atomic E-state index is 12.0. The van der Waals surface area contributed by atoms with Gasteiger partial charge in [-0.05, 0) is 42.9 Å². The third-order valence-corrected chi connectivity index (χ3v) is 4.55. The van der Waals surface area contributed by atoms with Crippen molar-refractivity contribution in [1.29, 1.82) is 0 Å². The first-order chi connectivity index (χ1) is 10.6. The average molecular weight is 358 g/mol. The first kappa shape index (κ1) is 19.5. The Labute approximate surface area is 143 Å². The molecule has 1 aromatic carbocycles. The summed E-state index contributed by atoms with van der Waals surface area (Å²) in [6.45, 7) is 7.64. The minimum absolute atomic E-state index is 0.171. The van der Waals surface area contributed by atoms with Gasteiger partial charge in [0.25, 0.3) is 0 Å². The molecule has 1 aromatic rings. The van der Waals surface area contributed by atoms with Crippen molar-refractivity contribution in [3.05, 3.63) is 24.3 Å². The number of rotatable bonds is 5. The third kappa shape index (κ3) is 6.25. The van der Waals surface area contributed by atoms with Crippen LogP contribution in [0.25, 0.3) is 0 Å². The molecule has 128 valence electrons. The van der Waals surface area contributed by atoms with Gasteiger partial charge < -0.3 is 10.6 Å². The number of anilines is 1. The van der Waals surface area contributed by atoms with Crippen molar-refractivity contribution in [2.24, 2.45) is 5.41 Å². The van der Waals surface area contributed by atoms with Crippen LogP contribution in [-0.2, 0) is 14.8 Å². The van der Waals surface area contributed by atoms with E-state index >= 15 is 0 Å². The molecule has 23 heavy (non-hydrogen) atoms. The molecule has 0 radical (unpaired) electrons. The lowest BCUT2D eigenvalue weighted by Gasteiger charge is -2.18. The van der Waals surface area contributed by atoms with E-state index in [0.717, 1.165) is 6.42 Å². The maximum Gasteiger partial charge on any atom is 0.240 e. The summed E-state index contributed by atoms with van der Waals surface area (Å²) >= 11 is 5.07. The summed E-state index contributed by atoms with van der Waals surface area (Å²) in [6, 6.07) is 6.15. The van der Waals surface area contributed by atoms with Crippen LogP contribution in [0.3, 0.4) is 0 Å². The van der Waals surface area contributed by atoms with Crippen LogP contribution in [0.2, 0.25) is 0 Å². The van der Waals surface area contributed by atoms with Crippen LogP contribution in [0.1, 0.15) is 34.1 Å². The highest BCUT2D eigenvalue weighted by atomic mass is 32.2. The molecule has 0 heterocycles. The SMILES string of the molecule is CCCNS(=O)(=O)c1ccc(NC(=S)NC(=O)C(C)(C)C)cc1. The zero-order chi connectivity index (χ0) is 17.7. The van der Waals surface area contributed by atoms with E-state index in [0.29, 0.717) is 12.2 Å². The largest absolute Gasteiger partial charge is 0.332 e. The van der Waals surface area contributed by atoms with Gasteiger partial charge in [-0.3, -0.25) is 4.79 Å². The van der Waals surface area contributed by atoms with E-state index in [4.69, 9.17) is 12.2 Å². The summed E-state index contributed by atoms with van der Waals surface area (Å²) in [5, 5.41) is 5.61. The van der Waals surface area contributed by atoms with E-state index in [1.54, 1.807) is 32.9 Å². The molecule has 0 atom stereocenters. The first-order valence-corrected chi connectivity index (χ1v) is 9.17. The zero-order valence-corrected chi connectivity index (χ0v) is 15.4. The van der Waals surface area contributed by atoms with E-state index in [9.17, 15) is 13.2 Å². The number of carbonyl (C=O) groups is 1. The number of hydrogen-bond acceptors (Lipinski definition) is 4. The number of benzene rings is 1. The van der Waals surface area contributed by atoms with E-state index in [1.807, 2.05) is 6.92 Å². The molecular formula is C15H23N3O3S2. The number of carbonyl (C=O) groups excluding carboxylic acids is 1. The van der Waals surface area contributed by atoms with Gasteiger partial charge in [0.15, 0.2) is 5.11 Å². The van der Waals surface area contributed by atoms with Gasteiger partial charge in [0.05, 0.1) is 4.90 Å². The normalized spacial score (nSPS) is 11.8. The molecule has 6 nitrogen and oxygen atoms in total. The number of sulfonamides is 1. The molecular weight excluding hydrogens is 334 g/mol. The fourth-order valence-corrected chi connectivity index (χ4v) is 2.83. The summed E-state index contributed by atoms with van der Waals surface area (Å²) in [5.41, 5.74) is 0.0490. The Hall–Kier alpha value is -1.51. The Morgan fingerprint density at radius 3 is 2.22 bits per heavy atom. The molecule has 0 aliphatic carbocycles. The van der Waals surface area contributed by atoms with Gasteiger partial charge in [0, 0.05) is 17.6 Å². The van der Waals surface area contributed by atoms with Crippen LogP contribution in [0.5, 0.6) is 0 Å². The molecule has 0 saturated heterocycles. The van der Waals surface area contributed by atoms with Crippen LogP contribution in [-0.4, -0.2) is 26.0 Å². The highest BCUT2D eigenvalue weighted by Gasteiger charge is 2.22. The highest BCUT2D eigenvalue weighted by Crippen LogP contribution is 2.15. The molecule has 0 aromatic heterocycles. The lowest BCUT2D eigenvalue weighted by atomic mass is 9.96. The summed E-state index contributed by atoms with van der Waals surface area (Å²) in [6.07, 6.45) is 0.723. The molecule has 0 saturated carbocycles. The summed E-state index contributed by atoms with van der Waals surface area (Å²) < 4.78 is 26.4. The van der Waals surface area contributed by atoms with Crippen molar-refractivity contribution in [3.8, 4) is 0 Å². The molecule has 0 spiro atoms. The van der Waals surface area contributed by atoms with Crippen LogP contribution >= 0.6 is 12.2 Å². The van der Waals surface area contributed by atoms with Gasteiger partial charge in [-0.15, -0.1) is 0 Å². The summed E-state index contributed by atoms with van der Waals surface area (Å²) in [5.74, 6) is -0.196. The predicted molar refractivity (Wildman–Crippen MR) is 95.7 cm³/mol. The molecule has 1 rings (SSSR count). The number of hydrogen-bond donors (Lipinski definition) is 3. The Balaban J connectivity index is 2.71. The van der Waals surface area contributed by atoms with Crippen LogP contribution in [0.4, 0.5) is 5.69 Å². The smallest absolute Gasteiger partial charge is 0.240 e. The van der Waals surface area contributed by atoms with Crippen molar-refractivity contribution in [3.63, 3.8) is 0 Å². The van der Waals surface area contributed by atoms with Gasteiger partial charge in [-0.2, -0.15) is 0 Å². The van der Waals surface area contributed by atoms with Gasteiger partial charge in [0.2, 0.25) is 15.9 Å². The monoisotopic (exact) mass is 357 g/mol. The van der Waals surface area contributed by atoms with Crippen molar-refractivity contribution < 1.29 is 13.2 Å². The molecule has 0 fully saturated rings.